The van der Waals surface area contributed by atoms with E-state index in [1.165, 1.54) is 28.4 Å². The topological polar surface area (TPSA) is 109 Å². The van der Waals surface area contributed by atoms with Crippen molar-refractivity contribution in [2.75, 3.05) is 7.05 Å². The molecule has 0 atom stereocenters. The first-order valence-corrected chi connectivity index (χ1v) is 8.11. The van der Waals surface area contributed by atoms with Gasteiger partial charge in [-0.25, -0.2) is 4.98 Å². The maximum absolute atomic E-state index is 12.3. The third-order valence-electron chi connectivity index (χ3n) is 3.08. The molecular weight excluding hydrogens is 340 g/mol. The number of hydrogen-bond acceptors (Lipinski definition) is 7. The highest BCUT2D eigenvalue weighted by Crippen LogP contribution is 2.25. The zero-order valence-electron chi connectivity index (χ0n) is 11.8. The molecule has 0 unspecified atom stereocenters. The predicted octanol–water partition coefficient (Wildman–Crippen LogP) is 2.23. The molecule has 1 amide bonds. The Balaban J connectivity index is 1.81. The molecule has 0 aliphatic carbocycles. The average Bonchev–Trinajstić information content (AvgIpc) is 3.15. The molecule has 23 heavy (non-hydrogen) atoms. The molecule has 3 heterocycles. The fourth-order valence-electron chi connectivity index (χ4n) is 2.02. The Morgan fingerprint density at radius 2 is 2.22 bits per heavy atom. The van der Waals surface area contributed by atoms with Gasteiger partial charge in [0, 0.05) is 13.1 Å². The van der Waals surface area contributed by atoms with Crippen molar-refractivity contribution in [2.45, 2.75) is 6.54 Å². The fraction of sp³-hybridized carbons (Fsp3) is 0.154. The number of aromatic nitrogens is 2. The molecular formula is C13H10N4O4S2. The SMILES string of the molecule is CN(Cc1nc2ccsc2c(=O)[nH]1)C(=O)c1ccc([N+](=O)[O-])s1. The van der Waals surface area contributed by atoms with Gasteiger partial charge in [0.05, 0.1) is 21.9 Å². The minimum atomic E-state index is -0.537. The van der Waals surface area contributed by atoms with E-state index in [2.05, 4.69) is 9.97 Å². The molecule has 10 heteroatoms. The maximum Gasteiger partial charge on any atom is 0.324 e. The van der Waals surface area contributed by atoms with Crippen molar-refractivity contribution in [3.8, 4) is 0 Å². The summed E-state index contributed by atoms with van der Waals surface area (Å²) in [6.07, 6.45) is 0. The second-order valence-electron chi connectivity index (χ2n) is 4.70. The molecule has 1 N–H and O–H groups in total. The number of nitro groups is 1. The van der Waals surface area contributed by atoms with Gasteiger partial charge in [-0.2, -0.15) is 0 Å². The molecule has 0 saturated carbocycles. The van der Waals surface area contributed by atoms with E-state index in [1.54, 1.807) is 18.5 Å². The van der Waals surface area contributed by atoms with Gasteiger partial charge in [0.15, 0.2) is 0 Å². The molecule has 0 bridgehead atoms. The zero-order valence-corrected chi connectivity index (χ0v) is 13.4. The molecule has 3 aromatic heterocycles. The quantitative estimate of drug-likeness (QED) is 0.573. The van der Waals surface area contributed by atoms with Crippen molar-refractivity contribution in [3.63, 3.8) is 0 Å². The molecule has 3 rings (SSSR count). The Morgan fingerprint density at radius 1 is 1.43 bits per heavy atom. The van der Waals surface area contributed by atoms with E-state index in [0.717, 1.165) is 11.3 Å². The van der Waals surface area contributed by atoms with Crippen molar-refractivity contribution in [3.05, 3.63) is 54.7 Å². The summed E-state index contributed by atoms with van der Waals surface area (Å²) in [5.41, 5.74) is 0.342. The van der Waals surface area contributed by atoms with Crippen molar-refractivity contribution in [2.24, 2.45) is 0 Å². The number of hydrogen-bond donors (Lipinski definition) is 1. The van der Waals surface area contributed by atoms with Crippen LogP contribution in [0.25, 0.3) is 10.2 Å². The van der Waals surface area contributed by atoms with Gasteiger partial charge in [-0.15, -0.1) is 11.3 Å². The second-order valence-corrected chi connectivity index (χ2v) is 6.68. The number of nitrogens with one attached hydrogen (secondary N) is 1. The van der Waals surface area contributed by atoms with E-state index >= 15 is 0 Å². The summed E-state index contributed by atoms with van der Waals surface area (Å²) in [7, 11) is 1.55. The monoisotopic (exact) mass is 350 g/mol. The number of nitrogens with zero attached hydrogens (tertiary/aromatic N) is 3. The zero-order chi connectivity index (χ0) is 16.6. The number of H-pyrrole nitrogens is 1. The van der Waals surface area contributed by atoms with Crippen LogP contribution in [-0.4, -0.2) is 32.7 Å². The highest BCUT2D eigenvalue weighted by molar-refractivity contribution is 7.17. The van der Waals surface area contributed by atoms with Crippen LogP contribution in [0.1, 0.15) is 15.5 Å². The lowest BCUT2D eigenvalue weighted by Gasteiger charge is -2.15. The lowest BCUT2D eigenvalue weighted by molar-refractivity contribution is -0.380. The molecule has 0 saturated heterocycles. The number of thiophene rings is 2. The number of carbonyl (C=O) groups is 1. The van der Waals surface area contributed by atoms with Crippen molar-refractivity contribution in [1.29, 1.82) is 0 Å². The Kier molecular flexibility index (Phi) is 3.92. The molecule has 0 aromatic carbocycles. The molecule has 8 nitrogen and oxygen atoms in total. The summed E-state index contributed by atoms with van der Waals surface area (Å²) < 4.78 is 0.539. The van der Waals surface area contributed by atoms with Crippen LogP contribution in [0.4, 0.5) is 5.00 Å². The molecule has 0 aliphatic heterocycles. The first-order chi connectivity index (χ1) is 11.0. The third kappa shape index (κ3) is 2.98. The van der Waals surface area contributed by atoms with Crippen molar-refractivity contribution < 1.29 is 9.72 Å². The largest absolute Gasteiger partial charge is 0.334 e. The standard InChI is InChI=1S/C13H10N4O4S2/c1-16(13(19)8-2-3-10(23-8)17(20)21)6-9-14-7-4-5-22-11(7)12(18)15-9/h2-5H,6H2,1H3,(H,14,15,18). The van der Waals surface area contributed by atoms with Crippen LogP contribution in [0.15, 0.2) is 28.4 Å². The minimum Gasteiger partial charge on any atom is -0.334 e. The van der Waals surface area contributed by atoms with E-state index in [9.17, 15) is 19.7 Å². The first-order valence-electron chi connectivity index (χ1n) is 6.42. The van der Waals surface area contributed by atoms with Gasteiger partial charge < -0.3 is 9.88 Å². The first kappa shape index (κ1) is 15.3. The van der Waals surface area contributed by atoms with Gasteiger partial charge in [-0.05, 0) is 17.5 Å². The maximum atomic E-state index is 12.3. The Hall–Kier alpha value is -2.59. The van der Waals surface area contributed by atoms with Gasteiger partial charge in [0.25, 0.3) is 11.5 Å². The molecule has 0 spiro atoms. The average molecular weight is 350 g/mol. The molecule has 3 aromatic rings. The van der Waals surface area contributed by atoms with E-state index in [1.807, 2.05) is 0 Å². The number of fused-ring (bicyclic) bond motifs is 1. The second kappa shape index (κ2) is 5.89. The Bertz CT molecular complexity index is 958. The molecule has 0 fully saturated rings. The van der Waals surface area contributed by atoms with Crippen LogP contribution in [0.3, 0.4) is 0 Å². The van der Waals surface area contributed by atoms with Crippen molar-refractivity contribution in [1.82, 2.24) is 14.9 Å². The fourth-order valence-corrected chi connectivity index (χ4v) is 3.56. The Morgan fingerprint density at radius 3 is 2.91 bits per heavy atom. The summed E-state index contributed by atoms with van der Waals surface area (Å²) in [5, 5.41) is 12.4. The number of rotatable bonds is 4. The summed E-state index contributed by atoms with van der Waals surface area (Å²) in [5.74, 6) is -0.000953. The van der Waals surface area contributed by atoms with Crippen molar-refractivity contribution >= 4 is 43.8 Å². The van der Waals surface area contributed by atoms with Gasteiger partial charge in [-0.3, -0.25) is 19.7 Å². The predicted molar refractivity (Wildman–Crippen MR) is 87.0 cm³/mol. The van der Waals surface area contributed by atoms with Gasteiger partial charge in [-0.1, -0.05) is 11.3 Å². The Labute approximate surface area is 137 Å². The summed E-state index contributed by atoms with van der Waals surface area (Å²) in [4.78, 5) is 42.9. The minimum absolute atomic E-state index is 0.0898. The van der Waals surface area contributed by atoms with Crippen LogP contribution in [-0.2, 0) is 6.54 Å². The van der Waals surface area contributed by atoms with Crippen LogP contribution in [0, 0.1) is 10.1 Å². The van der Waals surface area contributed by atoms with Gasteiger partial charge in [0.2, 0.25) is 0 Å². The van der Waals surface area contributed by atoms with E-state index < -0.39 is 4.92 Å². The summed E-state index contributed by atoms with van der Waals surface area (Å²) in [6, 6.07) is 4.45. The van der Waals surface area contributed by atoms with Crippen LogP contribution < -0.4 is 5.56 Å². The summed E-state index contributed by atoms with van der Waals surface area (Å²) >= 11 is 2.12. The smallest absolute Gasteiger partial charge is 0.324 e. The number of amides is 1. The van der Waals surface area contributed by atoms with E-state index in [0.29, 0.717) is 16.0 Å². The van der Waals surface area contributed by atoms with Crippen LogP contribution in [0.5, 0.6) is 0 Å². The lowest BCUT2D eigenvalue weighted by atomic mass is 10.4. The third-order valence-corrected chi connectivity index (χ3v) is 5.01. The van der Waals surface area contributed by atoms with Gasteiger partial charge in [0.1, 0.15) is 10.5 Å². The highest BCUT2D eigenvalue weighted by atomic mass is 32.1. The molecule has 118 valence electrons. The van der Waals surface area contributed by atoms with Gasteiger partial charge >= 0.3 is 5.00 Å². The lowest BCUT2D eigenvalue weighted by Crippen LogP contribution is -2.27. The molecule has 0 aliphatic rings. The number of carbonyl (C=O) groups excluding carboxylic acids is 1. The summed E-state index contributed by atoms with van der Waals surface area (Å²) in [6.45, 7) is 0.103. The van der Waals surface area contributed by atoms with Crippen LogP contribution in [0.2, 0.25) is 0 Å². The van der Waals surface area contributed by atoms with E-state index in [-0.39, 0.29) is 27.9 Å². The number of aromatic amines is 1. The highest BCUT2D eigenvalue weighted by Gasteiger charge is 2.19. The van der Waals surface area contributed by atoms with Crippen LogP contribution >= 0.6 is 22.7 Å². The molecule has 0 radical (unpaired) electrons. The van der Waals surface area contributed by atoms with E-state index in [4.69, 9.17) is 0 Å². The normalized spacial score (nSPS) is 10.8.